The summed E-state index contributed by atoms with van der Waals surface area (Å²) in [5.41, 5.74) is 7.97. The average Bonchev–Trinajstić information content (AvgIpc) is 2.49. The second kappa shape index (κ2) is 7.33. The molecule has 2 aromatic rings. The Balaban J connectivity index is 2.14. The van der Waals surface area contributed by atoms with Gasteiger partial charge in [-0.05, 0) is 36.8 Å². The Kier molecular flexibility index (Phi) is 5.21. The van der Waals surface area contributed by atoms with Gasteiger partial charge in [-0.15, -0.1) is 0 Å². The number of anilines is 3. The number of nitrogens with one attached hydrogen (secondary N) is 1. The van der Waals surface area contributed by atoms with Crippen LogP contribution in [0.4, 0.5) is 21.9 Å². The molecule has 0 bridgehead atoms. The van der Waals surface area contributed by atoms with Crippen LogP contribution in [0.5, 0.6) is 0 Å². The van der Waals surface area contributed by atoms with E-state index in [4.69, 9.17) is 5.73 Å². The van der Waals surface area contributed by atoms with Crippen LogP contribution in [0.2, 0.25) is 0 Å². The Morgan fingerprint density at radius 1 is 1.14 bits per heavy atom. The van der Waals surface area contributed by atoms with Gasteiger partial charge in [0.05, 0.1) is 0 Å². The van der Waals surface area contributed by atoms with Crippen molar-refractivity contribution >= 4 is 23.1 Å². The molecule has 2 aromatic carbocycles. The third kappa shape index (κ3) is 4.24. The van der Waals surface area contributed by atoms with Crippen molar-refractivity contribution in [2.45, 2.75) is 19.8 Å². The third-order valence-corrected chi connectivity index (χ3v) is 3.19. The number of urea groups is 1. The van der Waals surface area contributed by atoms with Crippen LogP contribution in [0.25, 0.3) is 0 Å². The largest absolute Gasteiger partial charge is 0.399 e. The number of hydrogen-bond donors (Lipinski definition) is 2. The van der Waals surface area contributed by atoms with E-state index in [1.54, 1.807) is 17.0 Å². The van der Waals surface area contributed by atoms with Crippen LogP contribution in [-0.2, 0) is 0 Å². The van der Waals surface area contributed by atoms with Crippen LogP contribution in [0, 0.1) is 0 Å². The van der Waals surface area contributed by atoms with E-state index in [9.17, 15) is 4.79 Å². The molecule has 0 radical (unpaired) electrons. The van der Waals surface area contributed by atoms with E-state index in [2.05, 4.69) is 12.2 Å². The molecule has 110 valence electrons. The third-order valence-electron chi connectivity index (χ3n) is 3.19. The van der Waals surface area contributed by atoms with Gasteiger partial charge >= 0.3 is 6.03 Å². The minimum atomic E-state index is -0.139. The number of hydrogen-bond acceptors (Lipinski definition) is 2. The predicted octanol–water partition coefficient (Wildman–Crippen LogP) is 4.11. The number of unbranched alkanes of at least 4 members (excludes halogenated alkanes) is 1. The molecule has 0 saturated heterocycles. The Morgan fingerprint density at radius 3 is 2.57 bits per heavy atom. The summed E-state index contributed by atoms with van der Waals surface area (Å²) < 4.78 is 0. The molecule has 0 aliphatic heterocycles. The van der Waals surface area contributed by atoms with Gasteiger partial charge in [-0.2, -0.15) is 0 Å². The molecule has 21 heavy (non-hydrogen) atoms. The van der Waals surface area contributed by atoms with Crippen molar-refractivity contribution in [3.63, 3.8) is 0 Å². The van der Waals surface area contributed by atoms with Crippen molar-refractivity contribution in [1.29, 1.82) is 0 Å². The molecule has 4 heteroatoms. The molecular weight excluding hydrogens is 262 g/mol. The highest BCUT2D eigenvalue weighted by molar-refractivity contribution is 6.01. The van der Waals surface area contributed by atoms with Crippen LogP contribution >= 0.6 is 0 Å². The van der Waals surface area contributed by atoms with E-state index in [-0.39, 0.29) is 6.03 Å². The zero-order valence-electron chi connectivity index (χ0n) is 12.3. The first-order chi connectivity index (χ1) is 10.2. The fourth-order valence-electron chi connectivity index (χ4n) is 2.08. The van der Waals surface area contributed by atoms with Crippen LogP contribution < -0.4 is 16.0 Å². The zero-order valence-corrected chi connectivity index (χ0v) is 12.3. The van der Waals surface area contributed by atoms with E-state index in [1.165, 1.54) is 0 Å². The van der Waals surface area contributed by atoms with Crippen molar-refractivity contribution in [3.05, 3.63) is 54.6 Å². The minimum Gasteiger partial charge on any atom is -0.399 e. The molecule has 3 N–H and O–H groups in total. The highest BCUT2D eigenvalue weighted by Crippen LogP contribution is 2.17. The number of amides is 2. The van der Waals surface area contributed by atoms with Crippen LogP contribution in [-0.4, -0.2) is 12.6 Å². The number of carbonyl (C=O) groups excluding carboxylic acids is 1. The Hall–Kier alpha value is -2.49. The van der Waals surface area contributed by atoms with Gasteiger partial charge in [-0.3, -0.25) is 4.90 Å². The lowest BCUT2D eigenvalue weighted by molar-refractivity contribution is 0.257. The summed E-state index contributed by atoms with van der Waals surface area (Å²) in [6.45, 7) is 2.80. The molecule has 0 aromatic heterocycles. The van der Waals surface area contributed by atoms with Crippen molar-refractivity contribution in [3.8, 4) is 0 Å². The zero-order chi connectivity index (χ0) is 15.1. The van der Waals surface area contributed by atoms with E-state index in [0.717, 1.165) is 18.5 Å². The number of carbonyl (C=O) groups is 1. The van der Waals surface area contributed by atoms with E-state index in [1.807, 2.05) is 42.5 Å². The molecule has 0 fully saturated rings. The standard InChI is InChI=1S/C17H21N3O/c1-2-3-12-20(16-10-5-4-6-11-16)17(21)19-15-9-7-8-14(18)13-15/h4-11,13H,2-3,12,18H2,1H3,(H,19,21). The maximum Gasteiger partial charge on any atom is 0.326 e. The average molecular weight is 283 g/mol. The molecule has 4 nitrogen and oxygen atoms in total. The number of nitrogen functional groups attached to an aromatic ring is 1. The molecule has 2 rings (SSSR count). The highest BCUT2D eigenvalue weighted by atomic mass is 16.2. The molecule has 0 spiro atoms. The van der Waals surface area contributed by atoms with Crippen LogP contribution in [0.3, 0.4) is 0 Å². The van der Waals surface area contributed by atoms with Crippen molar-refractivity contribution < 1.29 is 4.79 Å². The quantitative estimate of drug-likeness (QED) is 0.811. The van der Waals surface area contributed by atoms with E-state index >= 15 is 0 Å². The first-order valence-corrected chi connectivity index (χ1v) is 7.20. The first kappa shape index (κ1) is 14.9. The topological polar surface area (TPSA) is 58.4 Å². The fourth-order valence-corrected chi connectivity index (χ4v) is 2.08. The van der Waals surface area contributed by atoms with Crippen molar-refractivity contribution in [2.24, 2.45) is 0 Å². The maximum absolute atomic E-state index is 12.5. The molecule has 0 heterocycles. The van der Waals surface area contributed by atoms with Gasteiger partial charge in [0.1, 0.15) is 0 Å². The smallest absolute Gasteiger partial charge is 0.326 e. The Labute approximate surface area is 125 Å². The van der Waals surface area contributed by atoms with Crippen LogP contribution in [0.15, 0.2) is 54.6 Å². The molecule has 0 aliphatic rings. The summed E-state index contributed by atoms with van der Waals surface area (Å²) in [5, 5.41) is 2.90. The minimum absolute atomic E-state index is 0.139. The van der Waals surface area contributed by atoms with Gasteiger partial charge in [0.25, 0.3) is 0 Å². The Morgan fingerprint density at radius 2 is 1.90 bits per heavy atom. The number of rotatable bonds is 5. The second-order valence-corrected chi connectivity index (χ2v) is 4.90. The maximum atomic E-state index is 12.5. The summed E-state index contributed by atoms with van der Waals surface area (Å²) in [7, 11) is 0. The number of nitrogens with two attached hydrogens (primary N) is 1. The van der Waals surface area contributed by atoms with Gasteiger partial charge < -0.3 is 11.1 Å². The summed E-state index contributed by atoms with van der Waals surface area (Å²) in [5.74, 6) is 0. The SMILES string of the molecule is CCCCN(C(=O)Nc1cccc(N)c1)c1ccccc1. The molecule has 0 atom stereocenters. The lowest BCUT2D eigenvalue weighted by atomic mass is 10.2. The highest BCUT2D eigenvalue weighted by Gasteiger charge is 2.15. The van der Waals surface area contributed by atoms with Crippen molar-refractivity contribution in [2.75, 3.05) is 22.5 Å². The van der Waals surface area contributed by atoms with E-state index < -0.39 is 0 Å². The van der Waals surface area contributed by atoms with E-state index in [0.29, 0.717) is 17.9 Å². The first-order valence-electron chi connectivity index (χ1n) is 7.20. The van der Waals surface area contributed by atoms with Crippen LogP contribution in [0.1, 0.15) is 19.8 Å². The number of nitrogens with zero attached hydrogens (tertiary/aromatic N) is 1. The fraction of sp³-hybridized carbons (Fsp3) is 0.235. The van der Waals surface area contributed by atoms with Gasteiger partial charge in [-0.1, -0.05) is 37.6 Å². The second-order valence-electron chi connectivity index (χ2n) is 4.90. The molecule has 2 amide bonds. The lowest BCUT2D eigenvalue weighted by Crippen LogP contribution is -2.35. The Bertz CT molecular complexity index is 584. The lowest BCUT2D eigenvalue weighted by Gasteiger charge is -2.23. The predicted molar refractivity (Wildman–Crippen MR) is 88.6 cm³/mol. The number of benzene rings is 2. The molecule has 0 aliphatic carbocycles. The van der Waals surface area contributed by atoms with Crippen molar-refractivity contribution in [1.82, 2.24) is 0 Å². The molecule has 0 saturated carbocycles. The summed E-state index contributed by atoms with van der Waals surface area (Å²) in [6.07, 6.45) is 1.99. The molecular formula is C17H21N3O. The van der Waals surface area contributed by atoms with Gasteiger partial charge in [0.2, 0.25) is 0 Å². The summed E-state index contributed by atoms with van der Waals surface area (Å²) in [6, 6.07) is 16.7. The normalized spacial score (nSPS) is 10.1. The van der Waals surface area contributed by atoms with Gasteiger partial charge in [0, 0.05) is 23.6 Å². The van der Waals surface area contributed by atoms with Gasteiger partial charge in [-0.25, -0.2) is 4.79 Å². The summed E-state index contributed by atoms with van der Waals surface area (Å²) >= 11 is 0. The number of para-hydroxylation sites is 1. The summed E-state index contributed by atoms with van der Waals surface area (Å²) in [4.78, 5) is 14.3. The monoisotopic (exact) mass is 283 g/mol. The molecule has 0 unspecified atom stereocenters. The van der Waals surface area contributed by atoms with Gasteiger partial charge in [0.15, 0.2) is 0 Å².